The number of carbonyl (C=O) groups is 1. The Balaban J connectivity index is 2.92. The van der Waals surface area contributed by atoms with E-state index in [0.717, 1.165) is 6.07 Å². The number of nitrogens with one attached hydrogen (secondary N) is 1. The van der Waals surface area contributed by atoms with Gasteiger partial charge in [-0.25, -0.2) is 0 Å². The van der Waals surface area contributed by atoms with Crippen molar-refractivity contribution in [3.05, 3.63) is 33.9 Å². The first-order valence-electron chi connectivity index (χ1n) is 7.54. The lowest BCUT2D eigenvalue weighted by molar-refractivity contribution is -0.386. The lowest BCUT2D eigenvalue weighted by atomic mass is 10.2. The van der Waals surface area contributed by atoms with Crippen molar-refractivity contribution in [2.75, 3.05) is 6.61 Å². The number of rotatable bonds is 8. The van der Waals surface area contributed by atoms with Crippen LogP contribution in [0.15, 0.2) is 18.2 Å². The number of benzene rings is 1. The second-order valence-electron chi connectivity index (χ2n) is 6.39. The molecule has 0 spiro atoms. The summed E-state index contributed by atoms with van der Waals surface area (Å²) in [6.45, 7) is 4.10. The number of nitro groups is 1. The molecule has 3 N–H and O–H groups in total. The van der Waals surface area contributed by atoms with Crippen LogP contribution in [-0.2, 0) is 15.7 Å². The highest BCUT2D eigenvalue weighted by atomic mass is 19.4. The Labute approximate surface area is 151 Å². The van der Waals surface area contributed by atoms with Gasteiger partial charge in [0.2, 0.25) is 6.41 Å². The fourth-order valence-corrected chi connectivity index (χ4v) is 1.86. The Hall–Kier alpha value is -2.44. The van der Waals surface area contributed by atoms with E-state index in [1.54, 1.807) is 20.8 Å². The zero-order valence-electron chi connectivity index (χ0n) is 14.6. The number of aliphatic hydroxyl groups is 1. The molecular formula is C15H19F3N2O7. The highest BCUT2D eigenvalue weighted by Crippen LogP contribution is 2.36. The molecule has 0 saturated carbocycles. The third-order valence-electron chi connectivity index (χ3n) is 3.00. The summed E-state index contributed by atoms with van der Waals surface area (Å²) in [6.07, 6.45) is -6.47. The zero-order chi connectivity index (χ0) is 21.0. The summed E-state index contributed by atoms with van der Waals surface area (Å²) >= 11 is 0. The number of aliphatic carboxylic acids is 1. The molecule has 0 saturated heterocycles. The number of ether oxygens (including phenoxy) is 2. The van der Waals surface area contributed by atoms with Crippen LogP contribution in [0.25, 0.3) is 0 Å². The van der Waals surface area contributed by atoms with Crippen LogP contribution in [0.3, 0.4) is 0 Å². The molecule has 0 aliphatic heterocycles. The number of alkyl halides is 3. The SMILES string of the molecule is CC(C)(C)OC(O)N[C@@H](COc1ccc(C(F)(F)F)cc1[N+](=O)[O-])C(=O)O. The van der Waals surface area contributed by atoms with Crippen molar-refractivity contribution < 1.29 is 42.6 Å². The molecule has 27 heavy (non-hydrogen) atoms. The summed E-state index contributed by atoms with van der Waals surface area (Å²) in [4.78, 5) is 21.1. The monoisotopic (exact) mass is 396 g/mol. The summed E-state index contributed by atoms with van der Waals surface area (Å²) in [6, 6.07) is 0.0328. The largest absolute Gasteiger partial charge is 0.485 e. The molecule has 0 heterocycles. The first-order valence-corrected chi connectivity index (χ1v) is 7.54. The predicted molar refractivity (Wildman–Crippen MR) is 85.0 cm³/mol. The topological polar surface area (TPSA) is 131 Å². The fourth-order valence-electron chi connectivity index (χ4n) is 1.86. The molecule has 1 unspecified atom stereocenters. The van der Waals surface area contributed by atoms with E-state index >= 15 is 0 Å². The summed E-state index contributed by atoms with van der Waals surface area (Å²) in [5, 5.41) is 32.0. The van der Waals surface area contributed by atoms with Gasteiger partial charge in [0, 0.05) is 6.07 Å². The lowest BCUT2D eigenvalue weighted by Crippen LogP contribution is -2.49. The van der Waals surface area contributed by atoms with Crippen molar-refractivity contribution in [2.24, 2.45) is 0 Å². The molecule has 1 aromatic carbocycles. The number of carboxylic acid groups (broad SMARTS) is 1. The van der Waals surface area contributed by atoms with Crippen molar-refractivity contribution in [3.63, 3.8) is 0 Å². The predicted octanol–water partition coefficient (Wildman–Crippen LogP) is 2.13. The second-order valence-corrected chi connectivity index (χ2v) is 6.39. The maximum absolute atomic E-state index is 12.7. The number of nitrogens with zero attached hydrogens (tertiary/aromatic N) is 1. The Morgan fingerprint density at radius 3 is 2.37 bits per heavy atom. The van der Waals surface area contributed by atoms with Crippen LogP contribution in [0.4, 0.5) is 18.9 Å². The Kier molecular flexibility index (Phi) is 7.11. The molecular weight excluding hydrogens is 377 g/mol. The van der Waals surface area contributed by atoms with Gasteiger partial charge in [0.15, 0.2) is 5.75 Å². The second kappa shape index (κ2) is 8.50. The van der Waals surface area contributed by atoms with E-state index in [9.17, 15) is 33.2 Å². The Morgan fingerprint density at radius 1 is 1.33 bits per heavy atom. The molecule has 0 fully saturated rings. The first kappa shape index (κ1) is 22.6. The highest BCUT2D eigenvalue weighted by molar-refractivity contribution is 5.73. The summed E-state index contributed by atoms with van der Waals surface area (Å²) in [7, 11) is 0. The molecule has 0 amide bonds. The molecule has 152 valence electrons. The number of hydrogen-bond acceptors (Lipinski definition) is 7. The van der Waals surface area contributed by atoms with Crippen LogP contribution < -0.4 is 10.1 Å². The molecule has 1 rings (SSSR count). The molecule has 12 heteroatoms. The molecule has 1 aromatic rings. The van der Waals surface area contributed by atoms with Crippen LogP contribution in [0.2, 0.25) is 0 Å². The normalized spacial score (nSPS) is 14.5. The lowest BCUT2D eigenvalue weighted by Gasteiger charge is -2.26. The third-order valence-corrected chi connectivity index (χ3v) is 3.00. The van der Waals surface area contributed by atoms with E-state index in [0.29, 0.717) is 6.07 Å². The van der Waals surface area contributed by atoms with Gasteiger partial charge in [0.25, 0.3) is 0 Å². The maximum atomic E-state index is 12.7. The molecule has 0 bridgehead atoms. The number of hydrogen-bond donors (Lipinski definition) is 3. The van der Waals surface area contributed by atoms with Gasteiger partial charge in [0.1, 0.15) is 12.6 Å². The zero-order valence-corrected chi connectivity index (χ0v) is 14.6. The quantitative estimate of drug-likeness (QED) is 0.346. The molecule has 0 radical (unpaired) electrons. The van der Waals surface area contributed by atoms with E-state index in [-0.39, 0.29) is 6.07 Å². The van der Waals surface area contributed by atoms with E-state index in [2.05, 4.69) is 5.32 Å². The molecule has 0 aromatic heterocycles. The van der Waals surface area contributed by atoms with Gasteiger partial charge in [-0.3, -0.25) is 20.2 Å². The molecule has 9 nitrogen and oxygen atoms in total. The molecule has 0 aliphatic carbocycles. The van der Waals surface area contributed by atoms with Gasteiger partial charge in [-0.05, 0) is 32.9 Å². The van der Waals surface area contributed by atoms with Crippen LogP contribution in [0.5, 0.6) is 5.75 Å². The number of carboxylic acids is 1. The van der Waals surface area contributed by atoms with Crippen molar-refractivity contribution in [1.82, 2.24) is 5.32 Å². The van der Waals surface area contributed by atoms with Crippen LogP contribution in [-0.4, -0.2) is 45.8 Å². The standard InChI is InChI=1S/C15H19F3N2O7/c1-14(2,3)27-13(23)19-9(12(21)22)7-26-11-5-4-8(15(16,17)18)6-10(11)20(24)25/h4-6,9,13,19,23H,7H2,1-3H3,(H,21,22)/t9-,13?/m0/s1. The molecule has 0 aliphatic rings. The summed E-state index contributed by atoms with van der Waals surface area (Å²) < 4.78 is 48.1. The van der Waals surface area contributed by atoms with Crippen molar-refractivity contribution in [2.45, 2.75) is 45.0 Å². The van der Waals surface area contributed by atoms with Crippen molar-refractivity contribution >= 4 is 11.7 Å². The average Bonchev–Trinajstić information content (AvgIpc) is 2.48. The van der Waals surface area contributed by atoms with E-state index in [1.165, 1.54) is 0 Å². The van der Waals surface area contributed by atoms with E-state index in [4.69, 9.17) is 14.6 Å². The van der Waals surface area contributed by atoms with Gasteiger partial charge in [-0.15, -0.1) is 0 Å². The van der Waals surface area contributed by atoms with Gasteiger partial charge in [0.05, 0.1) is 16.1 Å². The minimum Gasteiger partial charge on any atom is -0.485 e. The van der Waals surface area contributed by atoms with Crippen LogP contribution in [0.1, 0.15) is 26.3 Å². The van der Waals surface area contributed by atoms with Crippen LogP contribution in [0, 0.1) is 10.1 Å². The number of nitro benzene ring substituents is 1. The van der Waals surface area contributed by atoms with E-state index in [1.807, 2.05) is 0 Å². The third kappa shape index (κ3) is 7.37. The average molecular weight is 396 g/mol. The van der Waals surface area contributed by atoms with Crippen molar-refractivity contribution in [1.29, 1.82) is 0 Å². The first-order chi connectivity index (χ1) is 12.2. The smallest absolute Gasteiger partial charge is 0.416 e. The minimum absolute atomic E-state index is 0.288. The van der Waals surface area contributed by atoms with Gasteiger partial charge in [-0.2, -0.15) is 13.2 Å². The minimum atomic E-state index is -4.79. The number of aliphatic hydroxyl groups excluding tert-OH is 1. The maximum Gasteiger partial charge on any atom is 0.416 e. The van der Waals surface area contributed by atoms with Gasteiger partial charge in [-0.1, -0.05) is 0 Å². The van der Waals surface area contributed by atoms with Crippen LogP contribution >= 0.6 is 0 Å². The van der Waals surface area contributed by atoms with E-state index < -0.39 is 58.7 Å². The summed E-state index contributed by atoms with van der Waals surface area (Å²) in [5.41, 5.74) is -3.02. The molecule has 2 atom stereocenters. The Morgan fingerprint density at radius 2 is 1.93 bits per heavy atom. The van der Waals surface area contributed by atoms with Gasteiger partial charge >= 0.3 is 17.8 Å². The van der Waals surface area contributed by atoms with Gasteiger partial charge < -0.3 is 19.7 Å². The highest BCUT2D eigenvalue weighted by Gasteiger charge is 2.34. The van der Waals surface area contributed by atoms with Crippen molar-refractivity contribution in [3.8, 4) is 5.75 Å². The fraction of sp³-hybridized carbons (Fsp3) is 0.533. The number of halogens is 3. The summed E-state index contributed by atoms with van der Waals surface area (Å²) in [5.74, 6) is -2.02. The Bertz CT molecular complexity index is 689.